The van der Waals surface area contributed by atoms with Gasteiger partial charge in [0.25, 0.3) is 5.91 Å². The average molecular weight is 319 g/mol. The Morgan fingerprint density at radius 2 is 1.92 bits per heavy atom. The zero-order valence-corrected chi connectivity index (χ0v) is 14.4. The molecule has 0 aliphatic heterocycles. The Bertz CT molecular complexity index is 984. The van der Waals surface area contributed by atoms with Crippen LogP contribution in [0.5, 0.6) is 0 Å². The van der Waals surface area contributed by atoms with Gasteiger partial charge in [0.05, 0.1) is 11.1 Å². The van der Waals surface area contributed by atoms with E-state index in [9.17, 15) is 4.79 Å². The van der Waals surface area contributed by atoms with Gasteiger partial charge in [0.1, 0.15) is 5.49 Å². The van der Waals surface area contributed by atoms with Crippen molar-refractivity contribution < 1.29 is 4.79 Å². The highest BCUT2D eigenvalue weighted by atomic mass is 16.2. The molecule has 0 fully saturated rings. The summed E-state index contributed by atoms with van der Waals surface area (Å²) < 4.78 is 1.61. The number of fused-ring (bicyclic) bond motifs is 1. The monoisotopic (exact) mass is 319 g/mol. The molecular weight excluding hydrogens is 298 g/mol. The number of benzene rings is 1. The summed E-state index contributed by atoms with van der Waals surface area (Å²) in [4.78, 5) is 22.3. The molecule has 0 saturated carbocycles. The molecular formula is C20H21N3O. The zero-order valence-electron chi connectivity index (χ0n) is 14.4. The third kappa shape index (κ3) is 3.13. The highest BCUT2D eigenvalue weighted by Crippen LogP contribution is 2.20. The van der Waals surface area contributed by atoms with Crippen LogP contribution in [0.4, 0.5) is 0 Å². The van der Waals surface area contributed by atoms with Crippen LogP contribution in [0.2, 0.25) is 0 Å². The molecule has 24 heavy (non-hydrogen) atoms. The van der Waals surface area contributed by atoms with Crippen molar-refractivity contribution in [1.29, 1.82) is 0 Å². The Hall–Kier alpha value is -2.75. The van der Waals surface area contributed by atoms with Crippen LogP contribution in [-0.4, -0.2) is 21.5 Å². The molecule has 4 nitrogen and oxygen atoms in total. The molecule has 0 aliphatic carbocycles. The van der Waals surface area contributed by atoms with E-state index < -0.39 is 0 Å². The smallest absolute Gasteiger partial charge is 0.264 e. The normalized spacial score (nSPS) is 12.1. The second-order valence-corrected chi connectivity index (χ2v) is 6.29. The van der Waals surface area contributed by atoms with Gasteiger partial charge in [-0.05, 0) is 58.0 Å². The summed E-state index contributed by atoms with van der Waals surface area (Å²) in [5, 5.41) is 0.873. The number of hydrogen-bond acceptors (Lipinski definition) is 3. The fourth-order valence-corrected chi connectivity index (χ4v) is 2.75. The van der Waals surface area contributed by atoms with Gasteiger partial charge in [-0.2, -0.15) is 0 Å². The van der Waals surface area contributed by atoms with Crippen LogP contribution in [0.15, 0.2) is 53.7 Å². The first-order valence-electron chi connectivity index (χ1n) is 8.10. The van der Waals surface area contributed by atoms with Gasteiger partial charge in [0.15, 0.2) is 0 Å². The molecule has 1 aromatic carbocycles. The minimum atomic E-state index is -0.0869. The van der Waals surface area contributed by atoms with E-state index in [-0.39, 0.29) is 11.9 Å². The number of aromatic nitrogens is 2. The fourth-order valence-electron chi connectivity index (χ4n) is 2.75. The van der Waals surface area contributed by atoms with Crippen molar-refractivity contribution >= 4 is 16.8 Å². The summed E-state index contributed by atoms with van der Waals surface area (Å²) in [7, 11) is 0. The average Bonchev–Trinajstić information content (AvgIpc) is 2.54. The number of pyridine rings is 2. The maximum atomic E-state index is 13.2. The van der Waals surface area contributed by atoms with Crippen molar-refractivity contribution in [2.75, 3.05) is 0 Å². The van der Waals surface area contributed by atoms with Crippen LogP contribution >= 0.6 is 0 Å². The highest BCUT2D eigenvalue weighted by Gasteiger charge is 2.14. The number of carbonyl (C=O) groups excluding carboxylic acids is 1. The predicted molar refractivity (Wildman–Crippen MR) is 96.1 cm³/mol. The van der Waals surface area contributed by atoms with Crippen LogP contribution < -0.4 is 5.49 Å². The molecule has 0 saturated heterocycles. The molecule has 0 amide bonds. The minimum absolute atomic E-state index is 0.0869. The maximum absolute atomic E-state index is 13.2. The largest absolute Gasteiger partial charge is 0.268 e. The number of aryl methyl sites for hydroxylation is 2. The summed E-state index contributed by atoms with van der Waals surface area (Å²) in [5.41, 5.74) is 4.08. The molecule has 2 heterocycles. The second-order valence-electron chi connectivity index (χ2n) is 6.29. The lowest BCUT2D eigenvalue weighted by Crippen LogP contribution is -2.28. The van der Waals surface area contributed by atoms with Crippen molar-refractivity contribution in [2.45, 2.75) is 33.7 Å². The maximum Gasteiger partial charge on any atom is 0.264 e. The Kier molecular flexibility index (Phi) is 4.30. The molecule has 2 aromatic heterocycles. The lowest BCUT2D eigenvalue weighted by molar-refractivity contribution is 0.0956. The van der Waals surface area contributed by atoms with Crippen LogP contribution in [0, 0.1) is 13.8 Å². The molecule has 0 atom stereocenters. The van der Waals surface area contributed by atoms with E-state index >= 15 is 0 Å². The Morgan fingerprint density at radius 3 is 2.67 bits per heavy atom. The van der Waals surface area contributed by atoms with Gasteiger partial charge in [0, 0.05) is 23.3 Å². The molecule has 3 aromatic rings. The van der Waals surface area contributed by atoms with Gasteiger partial charge in [-0.3, -0.25) is 19.3 Å². The van der Waals surface area contributed by atoms with Gasteiger partial charge in [-0.25, -0.2) is 0 Å². The first-order valence-corrected chi connectivity index (χ1v) is 8.10. The van der Waals surface area contributed by atoms with Crippen molar-refractivity contribution in [3.8, 4) is 0 Å². The summed E-state index contributed by atoms with van der Waals surface area (Å²) in [6.07, 6.45) is 1.76. The van der Waals surface area contributed by atoms with Crippen molar-refractivity contribution in [2.24, 2.45) is 4.99 Å². The van der Waals surface area contributed by atoms with E-state index in [0.29, 0.717) is 11.1 Å². The fraction of sp³-hybridized carbons (Fsp3) is 0.250. The number of nitrogens with zero attached hydrogens (tertiary/aromatic N) is 3. The van der Waals surface area contributed by atoms with Gasteiger partial charge in [-0.15, -0.1) is 0 Å². The SMILES string of the molecule is Cc1ccc2nc(C)cc(C(=O)n3ccccc3=NC(C)C)c2c1. The van der Waals surface area contributed by atoms with E-state index in [0.717, 1.165) is 22.2 Å². The molecule has 0 unspecified atom stereocenters. The quantitative estimate of drug-likeness (QED) is 0.724. The van der Waals surface area contributed by atoms with Crippen molar-refractivity contribution in [1.82, 2.24) is 9.55 Å². The first kappa shape index (κ1) is 16.1. The second kappa shape index (κ2) is 6.40. The van der Waals surface area contributed by atoms with Crippen LogP contribution in [0.3, 0.4) is 0 Å². The van der Waals surface area contributed by atoms with Gasteiger partial charge < -0.3 is 0 Å². The number of rotatable bonds is 2. The molecule has 0 aliphatic rings. The van der Waals surface area contributed by atoms with E-state index in [4.69, 9.17) is 0 Å². The topological polar surface area (TPSA) is 47.2 Å². The summed E-state index contributed by atoms with van der Waals surface area (Å²) in [5.74, 6) is -0.0869. The van der Waals surface area contributed by atoms with E-state index in [1.165, 1.54) is 0 Å². The van der Waals surface area contributed by atoms with E-state index in [1.807, 2.05) is 70.2 Å². The summed E-state index contributed by atoms with van der Waals surface area (Å²) in [6.45, 7) is 7.92. The summed E-state index contributed by atoms with van der Waals surface area (Å²) >= 11 is 0. The lowest BCUT2D eigenvalue weighted by atomic mass is 10.0. The van der Waals surface area contributed by atoms with Crippen molar-refractivity contribution in [3.63, 3.8) is 0 Å². The third-order valence-corrected chi connectivity index (χ3v) is 3.77. The van der Waals surface area contributed by atoms with E-state index in [2.05, 4.69) is 9.98 Å². The molecule has 0 radical (unpaired) electrons. The van der Waals surface area contributed by atoms with Crippen LogP contribution in [0.1, 0.15) is 35.5 Å². The third-order valence-electron chi connectivity index (χ3n) is 3.77. The van der Waals surface area contributed by atoms with Crippen LogP contribution in [0.25, 0.3) is 10.9 Å². The standard InChI is InChI=1S/C20H21N3O/c1-13(2)21-19-7-5-6-10-23(19)20(24)17-12-15(4)22-18-9-8-14(3)11-16(17)18/h5-13H,1-4H3. The number of hydrogen-bond donors (Lipinski definition) is 0. The Morgan fingerprint density at radius 1 is 1.12 bits per heavy atom. The number of carbonyl (C=O) groups is 1. The molecule has 122 valence electrons. The van der Waals surface area contributed by atoms with Gasteiger partial charge >= 0.3 is 0 Å². The van der Waals surface area contributed by atoms with Gasteiger partial charge in [0.2, 0.25) is 0 Å². The minimum Gasteiger partial charge on any atom is -0.268 e. The van der Waals surface area contributed by atoms with Crippen molar-refractivity contribution in [3.05, 3.63) is 71.0 Å². The molecule has 4 heteroatoms. The van der Waals surface area contributed by atoms with E-state index in [1.54, 1.807) is 10.8 Å². The molecule has 0 bridgehead atoms. The first-order chi connectivity index (χ1) is 11.5. The highest BCUT2D eigenvalue weighted by molar-refractivity contribution is 6.07. The molecule has 0 N–H and O–H groups in total. The van der Waals surface area contributed by atoms with Gasteiger partial charge in [-0.1, -0.05) is 17.7 Å². The Labute approximate surface area is 141 Å². The molecule has 3 rings (SSSR count). The summed E-state index contributed by atoms with van der Waals surface area (Å²) in [6, 6.07) is 13.6. The lowest BCUT2D eigenvalue weighted by Gasteiger charge is -2.11. The predicted octanol–water partition coefficient (Wildman–Crippen LogP) is 3.65. The zero-order chi connectivity index (χ0) is 17.3. The molecule has 0 spiro atoms. The van der Waals surface area contributed by atoms with Crippen LogP contribution in [-0.2, 0) is 0 Å². The Balaban J connectivity index is 2.26.